The van der Waals surface area contributed by atoms with E-state index in [0.717, 1.165) is 12.8 Å². The highest BCUT2D eigenvalue weighted by Crippen LogP contribution is 2.13. The van der Waals surface area contributed by atoms with Crippen molar-refractivity contribution in [1.82, 2.24) is 10.2 Å². The number of benzene rings is 2. The monoisotopic (exact) mass is 352 g/mol. The number of amides is 2. The Balaban J connectivity index is 1.48. The summed E-state index contributed by atoms with van der Waals surface area (Å²) in [6, 6.07) is 15.3. The molecule has 1 heterocycles. The third kappa shape index (κ3) is 4.79. The molecule has 0 aromatic heterocycles. The summed E-state index contributed by atoms with van der Waals surface area (Å²) in [6.07, 6.45) is 4.53. The fourth-order valence-electron chi connectivity index (χ4n) is 2.99. The van der Waals surface area contributed by atoms with Crippen molar-refractivity contribution in [3.63, 3.8) is 0 Å². The predicted octanol–water partition coefficient (Wildman–Crippen LogP) is 3.26. The minimum absolute atomic E-state index is 0.0685. The molecule has 0 unspecified atom stereocenters. The van der Waals surface area contributed by atoms with Gasteiger partial charge in [0.1, 0.15) is 5.82 Å². The van der Waals surface area contributed by atoms with Gasteiger partial charge in [0.2, 0.25) is 5.91 Å². The number of halogens is 1. The molecule has 0 radical (unpaired) electrons. The summed E-state index contributed by atoms with van der Waals surface area (Å²) in [4.78, 5) is 26.2. The van der Waals surface area contributed by atoms with Crippen molar-refractivity contribution in [2.24, 2.45) is 0 Å². The molecule has 2 amide bonds. The molecule has 0 bridgehead atoms. The Labute approximate surface area is 152 Å². The average Bonchev–Trinajstić information content (AvgIpc) is 2.67. The Kier molecular flexibility index (Phi) is 5.79. The standard InChI is InChI=1S/C21H21FN2O2/c22-18-8-4-5-16(15-18)9-10-20(25)24-13-11-19(12-14-24)23-21(26)17-6-2-1-3-7-17/h1-10,15,19H,11-14H2,(H,23,26)/b10-9+. The first-order chi connectivity index (χ1) is 12.6. The third-order valence-corrected chi connectivity index (χ3v) is 4.44. The molecule has 0 spiro atoms. The van der Waals surface area contributed by atoms with Crippen LogP contribution in [0, 0.1) is 5.82 Å². The predicted molar refractivity (Wildman–Crippen MR) is 98.9 cm³/mol. The van der Waals surface area contributed by atoms with Gasteiger partial charge < -0.3 is 10.2 Å². The molecule has 3 rings (SSSR count). The normalized spacial score (nSPS) is 15.2. The van der Waals surface area contributed by atoms with Crippen molar-refractivity contribution in [2.45, 2.75) is 18.9 Å². The summed E-state index contributed by atoms with van der Waals surface area (Å²) >= 11 is 0. The number of likely N-dealkylation sites (tertiary alicyclic amines) is 1. The molecule has 26 heavy (non-hydrogen) atoms. The molecule has 1 fully saturated rings. The van der Waals surface area contributed by atoms with Gasteiger partial charge in [-0.3, -0.25) is 9.59 Å². The minimum Gasteiger partial charge on any atom is -0.349 e. The SMILES string of the molecule is O=C(NC1CCN(C(=O)/C=C/c2cccc(F)c2)CC1)c1ccccc1. The van der Waals surface area contributed by atoms with Gasteiger partial charge in [-0.05, 0) is 48.7 Å². The first-order valence-corrected chi connectivity index (χ1v) is 8.70. The van der Waals surface area contributed by atoms with Crippen molar-refractivity contribution in [3.05, 3.63) is 77.6 Å². The van der Waals surface area contributed by atoms with E-state index in [0.29, 0.717) is 24.2 Å². The molecule has 1 N–H and O–H groups in total. The van der Waals surface area contributed by atoms with Crippen LogP contribution in [0.2, 0.25) is 0 Å². The van der Waals surface area contributed by atoms with E-state index in [1.807, 2.05) is 18.2 Å². The van der Waals surface area contributed by atoms with Gasteiger partial charge in [0.25, 0.3) is 5.91 Å². The number of hydrogen-bond acceptors (Lipinski definition) is 2. The lowest BCUT2D eigenvalue weighted by Crippen LogP contribution is -2.46. The molecular formula is C21H21FN2O2. The molecule has 1 aliphatic rings. The number of rotatable bonds is 4. The van der Waals surface area contributed by atoms with Gasteiger partial charge in [-0.25, -0.2) is 4.39 Å². The fraction of sp³-hybridized carbons (Fsp3) is 0.238. The van der Waals surface area contributed by atoms with Gasteiger partial charge >= 0.3 is 0 Å². The second kappa shape index (κ2) is 8.43. The van der Waals surface area contributed by atoms with Crippen LogP contribution in [0.4, 0.5) is 4.39 Å². The highest BCUT2D eigenvalue weighted by atomic mass is 19.1. The summed E-state index contributed by atoms with van der Waals surface area (Å²) < 4.78 is 13.2. The van der Waals surface area contributed by atoms with Gasteiger partial charge in [-0.2, -0.15) is 0 Å². The Morgan fingerprint density at radius 1 is 1.04 bits per heavy atom. The number of nitrogens with zero attached hydrogens (tertiary/aromatic N) is 1. The zero-order valence-electron chi connectivity index (χ0n) is 14.4. The first-order valence-electron chi connectivity index (χ1n) is 8.70. The van der Waals surface area contributed by atoms with Crippen LogP contribution in [-0.2, 0) is 4.79 Å². The molecule has 0 atom stereocenters. The van der Waals surface area contributed by atoms with E-state index < -0.39 is 0 Å². The lowest BCUT2D eigenvalue weighted by atomic mass is 10.0. The highest BCUT2D eigenvalue weighted by Gasteiger charge is 2.23. The summed E-state index contributed by atoms with van der Waals surface area (Å²) in [5, 5.41) is 3.02. The van der Waals surface area contributed by atoms with E-state index in [1.54, 1.807) is 35.2 Å². The smallest absolute Gasteiger partial charge is 0.251 e. The van der Waals surface area contributed by atoms with Crippen LogP contribution >= 0.6 is 0 Å². The molecular weight excluding hydrogens is 331 g/mol. The van der Waals surface area contributed by atoms with Gasteiger partial charge in [-0.15, -0.1) is 0 Å². The number of nitrogens with one attached hydrogen (secondary N) is 1. The van der Waals surface area contributed by atoms with Crippen LogP contribution in [0.1, 0.15) is 28.8 Å². The Bertz CT molecular complexity index is 797. The van der Waals surface area contributed by atoms with Crippen LogP contribution < -0.4 is 5.32 Å². The average molecular weight is 352 g/mol. The van der Waals surface area contributed by atoms with Crippen LogP contribution in [-0.4, -0.2) is 35.8 Å². The zero-order valence-corrected chi connectivity index (χ0v) is 14.4. The Morgan fingerprint density at radius 3 is 2.46 bits per heavy atom. The largest absolute Gasteiger partial charge is 0.349 e. The summed E-state index contributed by atoms with van der Waals surface area (Å²) in [7, 11) is 0. The minimum atomic E-state index is -0.324. The Morgan fingerprint density at radius 2 is 1.77 bits per heavy atom. The van der Waals surface area contributed by atoms with Crippen molar-refractivity contribution in [3.8, 4) is 0 Å². The lowest BCUT2D eigenvalue weighted by molar-refractivity contribution is -0.126. The van der Waals surface area contributed by atoms with Crippen LogP contribution in [0.15, 0.2) is 60.7 Å². The first kappa shape index (κ1) is 17.9. The van der Waals surface area contributed by atoms with Crippen molar-refractivity contribution >= 4 is 17.9 Å². The lowest BCUT2D eigenvalue weighted by Gasteiger charge is -2.31. The van der Waals surface area contributed by atoms with E-state index >= 15 is 0 Å². The van der Waals surface area contributed by atoms with E-state index in [2.05, 4.69) is 5.32 Å². The highest BCUT2D eigenvalue weighted by molar-refractivity contribution is 5.94. The fourth-order valence-corrected chi connectivity index (χ4v) is 2.99. The maximum Gasteiger partial charge on any atom is 0.251 e. The van der Waals surface area contributed by atoms with E-state index in [1.165, 1.54) is 18.2 Å². The zero-order chi connectivity index (χ0) is 18.4. The molecule has 4 nitrogen and oxygen atoms in total. The molecule has 2 aromatic rings. The summed E-state index contributed by atoms with van der Waals surface area (Å²) in [6.45, 7) is 1.18. The maximum absolute atomic E-state index is 13.2. The van der Waals surface area contributed by atoms with Gasteiger partial charge in [0.05, 0.1) is 0 Å². The van der Waals surface area contributed by atoms with Crippen molar-refractivity contribution < 1.29 is 14.0 Å². The van der Waals surface area contributed by atoms with Gasteiger partial charge in [0, 0.05) is 30.8 Å². The number of carbonyl (C=O) groups is 2. The van der Waals surface area contributed by atoms with Gasteiger partial charge in [0.15, 0.2) is 0 Å². The number of hydrogen-bond donors (Lipinski definition) is 1. The number of carbonyl (C=O) groups excluding carboxylic acids is 2. The second-order valence-electron chi connectivity index (χ2n) is 6.33. The molecule has 5 heteroatoms. The molecule has 1 aliphatic heterocycles. The van der Waals surface area contributed by atoms with Crippen molar-refractivity contribution in [1.29, 1.82) is 0 Å². The van der Waals surface area contributed by atoms with Gasteiger partial charge in [-0.1, -0.05) is 30.3 Å². The number of piperidine rings is 1. The van der Waals surface area contributed by atoms with E-state index in [9.17, 15) is 14.0 Å². The van der Waals surface area contributed by atoms with Crippen LogP contribution in [0.5, 0.6) is 0 Å². The summed E-state index contributed by atoms with van der Waals surface area (Å²) in [5.41, 5.74) is 1.30. The second-order valence-corrected chi connectivity index (χ2v) is 6.33. The molecule has 1 saturated heterocycles. The van der Waals surface area contributed by atoms with Crippen LogP contribution in [0.25, 0.3) is 6.08 Å². The quantitative estimate of drug-likeness (QED) is 0.859. The molecule has 2 aromatic carbocycles. The molecule has 134 valence electrons. The van der Waals surface area contributed by atoms with Crippen LogP contribution in [0.3, 0.4) is 0 Å². The third-order valence-electron chi connectivity index (χ3n) is 4.44. The van der Waals surface area contributed by atoms with Crippen molar-refractivity contribution in [2.75, 3.05) is 13.1 Å². The van der Waals surface area contributed by atoms with E-state index in [4.69, 9.17) is 0 Å². The maximum atomic E-state index is 13.2. The van der Waals surface area contributed by atoms with E-state index in [-0.39, 0.29) is 23.7 Å². The summed E-state index contributed by atoms with van der Waals surface area (Å²) in [5.74, 6) is -0.502. The molecule has 0 aliphatic carbocycles. The Hall–Kier alpha value is -2.95. The topological polar surface area (TPSA) is 49.4 Å². The molecule has 0 saturated carbocycles.